The third-order valence-electron chi connectivity index (χ3n) is 1.38. The Balaban J connectivity index is 0. The van der Waals surface area contributed by atoms with Gasteiger partial charge in [-0.2, -0.15) is 0 Å². The first-order chi connectivity index (χ1) is 6.04. The molecule has 0 saturated carbocycles. The van der Waals surface area contributed by atoms with Crippen LogP contribution >= 0.6 is 0 Å². The van der Waals surface area contributed by atoms with Gasteiger partial charge in [-0.1, -0.05) is 32.3 Å². The van der Waals surface area contributed by atoms with Gasteiger partial charge in [-0.25, -0.2) is 0 Å². The minimum Gasteiger partial charge on any atom is -0.481 e. The molecule has 0 fully saturated rings. The van der Waals surface area contributed by atoms with Crippen molar-refractivity contribution in [1.82, 2.24) is 0 Å². The Morgan fingerprint density at radius 1 is 1.54 bits per heavy atom. The fraction of sp³-hybridized carbons (Fsp3) is 0.700. The van der Waals surface area contributed by atoms with E-state index in [0.717, 1.165) is 19.8 Å². The van der Waals surface area contributed by atoms with E-state index in [4.69, 9.17) is 15.0 Å². The van der Waals surface area contributed by atoms with Crippen LogP contribution in [-0.4, -0.2) is 22.3 Å². The molecule has 0 aromatic heterocycles. The predicted molar refractivity (Wildman–Crippen MR) is 53.7 cm³/mol. The van der Waals surface area contributed by atoms with Crippen LogP contribution in [0.1, 0.15) is 39.5 Å². The summed E-state index contributed by atoms with van der Waals surface area (Å²) in [5.41, 5.74) is 0. The highest BCUT2D eigenvalue weighted by atomic mass is 16.4. The molecule has 0 heterocycles. The highest BCUT2D eigenvalue weighted by molar-refractivity contribution is 5.62. The zero-order chi connectivity index (χ0) is 10.7. The van der Waals surface area contributed by atoms with Crippen LogP contribution in [0.2, 0.25) is 0 Å². The monoisotopic (exact) mass is 188 g/mol. The van der Waals surface area contributed by atoms with Crippen molar-refractivity contribution in [1.29, 1.82) is 0 Å². The maximum atomic E-state index is 9.00. The van der Waals surface area contributed by atoms with E-state index in [1.807, 2.05) is 0 Å². The van der Waals surface area contributed by atoms with Crippen molar-refractivity contribution in [2.24, 2.45) is 0 Å². The molecular formula is C10H20O3. The molecule has 3 heteroatoms. The Bertz CT molecular complexity index is 128. The van der Waals surface area contributed by atoms with E-state index in [2.05, 4.69) is 13.5 Å². The molecule has 0 aromatic rings. The van der Waals surface area contributed by atoms with E-state index in [1.54, 1.807) is 6.08 Å². The van der Waals surface area contributed by atoms with E-state index < -0.39 is 5.97 Å². The molecule has 0 unspecified atom stereocenters. The van der Waals surface area contributed by atoms with Gasteiger partial charge >= 0.3 is 0 Å². The maximum absolute atomic E-state index is 9.00. The number of carboxylic acid groups (broad SMARTS) is 1. The van der Waals surface area contributed by atoms with Gasteiger partial charge in [-0.15, -0.1) is 6.58 Å². The summed E-state index contributed by atoms with van der Waals surface area (Å²) in [6.45, 7) is 6.73. The molecule has 0 spiro atoms. The van der Waals surface area contributed by atoms with Crippen LogP contribution in [-0.2, 0) is 4.79 Å². The van der Waals surface area contributed by atoms with Crippen molar-refractivity contribution >= 4 is 5.97 Å². The van der Waals surface area contributed by atoms with Gasteiger partial charge in [0.2, 0.25) is 0 Å². The molecule has 0 aliphatic rings. The highest BCUT2D eigenvalue weighted by Gasteiger charge is 1.94. The summed E-state index contributed by atoms with van der Waals surface area (Å²) in [7, 11) is 0. The molecule has 13 heavy (non-hydrogen) atoms. The van der Waals surface area contributed by atoms with Crippen molar-refractivity contribution in [2.75, 3.05) is 0 Å². The fourth-order valence-electron chi connectivity index (χ4n) is 0.721. The second-order valence-corrected chi connectivity index (χ2v) is 2.82. The van der Waals surface area contributed by atoms with E-state index in [0.29, 0.717) is 0 Å². The second-order valence-electron chi connectivity index (χ2n) is 2.82. The molecule has 0 saturated heterocycles. The van der Waals surface area contributed by atoms with Crippen LogP contribution in [0.3, 0.4) is 0 Å². The first kappa shape index (κ1) is 14.7. The molecule has 0 bridgehead atoms. The molecular weight excluding hydrogens is 168 g/mol. The Labute approximate surface area is 80.1 Å². The molecule has 0 aromatic carbocycles. The van der Waals surface area contributed by atoms with E-state index >= 15 is 0 Å². The average Bonchev–Trinajstić information content (AvgIpc) is 2.03. The van der Waals surface area contributed by atoms with Crippen LogP contribution < -0.4 is 0 Å². The van der Waals surface area contributed by atoms with Gasteiger partial charge in [0.1, 0.15) is 0 Å². The van der Waals surface area contributed by atoms with Crippen molar-refractivity contribution in [3.05, 3.63) is 12.7 Å². The third kappa shape index (κ3) is 24.7. The molecule has 1 atom stereocenters. The fourth-order valence-corrected chi connectivity index (χ4v) is 0.721. The van der Waals surface area contributed by atoms with Gasteiger partial charge in [-0.3, -0.25) is 4.79 Å². The number of hydrogen-bond acceptors (Lipinski definition) is 2. The Kier molecular flexibility index (Phi) is 12.6. The molecule has 0 amide bonds. The van der Waals surface area contributed by atoms with Gasteiger partial charge in [-0.05, 0) is 6.42 Å². The molecule has 0 aliphatic carbocycles. The van der Waals surface area contributed by atoms with E-state index in [-0.39, 0.29) is 6.10 Å². The van der Waals surface area contributed by atoms with Crippen molar-refractivity contribution in [3.63, 3.8) is 0 Å². The first-order valence-corrected chi connectivity index (χ1v) is 4.54. The lowest BCUT2D eigenvalue weighted by Gasteiger charge is -2.01. The quantitative estimate of drug-likeness (QED) is 0.513. The Morgan fingerprint density at radius 3 is 2.31 bits per heavy atom. The highest BCUT2D eigenvalue weighted by Crippen LogP contribution is 2.02. The summed E-state index contributed by atoms with van der Waals surface area (Å²) in [6.07, 6.45) is 5.72. The van der Waals surface area contributed by atoms with E-state index in [9.17, 15) is 0 Å². The number of carbonyl (C=O) groups is 1. The van der Waals surface area contributed by atoms with Crippen LogP contribution in [0.25, 0.3) is 0 Å². The number of aliphatic hydroxyl groups is 1. The summed E-state index contributed by atoms with van der Waals surface area (Å²) in [6, 6.07) is 0. The number of hydrogen-bond donors (Lipinski definition) is 2. The van der Waals surface area contributed by atoms with Crippen molar-refractivity contribution in [2.45, 2.75) is 45.6 Å². The number of carboxylic acids is 1. The van der Waals surface area contributed by atoms with Gasteiger partial charge in [0.15, 0.2) is 0 Å². The van der Waals surface area contributed by atoms with Crippen LogP contribution in [0.5, 0.6) is 0 Å². The van der Waals surface area contributed by atoms with Crippen molar-refractivity contribution in [3.8, 4) is 0 Å². The average molecular weight is 188 g/mol. The molecule has 3 nitrogen and oxygen atoms in total. The summed E-state index contributed by atoms with van der Waals surface area (Å²) in [5, 5.41) is 16.4. The molecule has 0 radical (unpaired) electrons. The molecule has 0 rings (SSSR count). The van der Waals surface area contributed by atoms with Gasteiger partial charge in [0.05, 0.1) is 6.10 Å². The zero-order valence-electron chi connectivity index (χ0n) is 8.49. The summed E-state index contributed by atoms with van der Waals surface area (Å²) >= 11 is 0. The summed E-state index contributed by atoms with van der Waals surface area (Å²) < 4.78 is 0. The minimum atomic E-state index is -0.833. The first-order valence-electron chi connectivity index (χ1n) is 4.54. The lowest BCUT2D eigenvalue weighted by Crippen LogP contribution is -1.99. The lowest BCUT2D eigenvalue weighted by atomic mass is 10.1. The SMILES string of the molecule is C=C[C@@H](O)CCCCC.CC(=O)O. The molecule has 78 valence electrons. The lowest BCUT2D eigenvalue weighted by molar-refractivity contribution is -0.134. The van der Waals surface area contributed by atoms with Crippen LogP contribution in [0.4, 0.5) is 0 Å². The Hall–Kier alpha value is -0.830. The Morgan fingerprint density at radius 2 is 2.00 bits per heavy atom. The van der Waals surface area contributed by atoms with Gasteiger partial charge in [0.25, 0.3) is 5.97 Å². The van der Waals surface area contributed by atoms with Gasteiger partial charge < -0.3 is 10.2 Å². The number of aliphatic carboxylic acids is 1. The maximum Gasteiger partial charge on any atom is 0.300 e. The number of unbranched alkanes of at least 4 members (excludes halogenated alkanes) is 2. The third-order valence-corrected chi connectivity index (χ3v) is 1.38. The van der Waals surface area contributed by atoms with E-state index in [1.165, 1.54) is 12.8 Å². The molecule has 2 N–H and O–H groups in total. The minimum absolute atomic E-state index is 0.281. The smallest absolute Gasteiger partial charge is 0.300 e. The van der Waals surface area contributed by atoms with Crippen LogP contribution in [0.15, 0.2) is 12.7 Å². The summed E-state index contributed by atoms with van der Waals surface area (Å²) in [4.78, 5) is 9.00. The molecule has 0 aliphatic heterocycles. The largest absolute Gasteiger partial charge is 0.481 e. The van der Waals surface area contributed by atoms with Crippen LogP contribution in [0, 0.1) is 0 Å². The zero-order valence-corrected chi connectivity index (χ0v) is 8.49. The standard InChI is InChI=1S/C8H16O.C2H4O2/c1-3-5-6-7-8(9)4-2;1-2(3)4/h4,8-9H,2-3,5-7H2,1H3;1H3,(H,3,4)/t8-;/m1./s1. The predicted octanol–water partition coefficient (Wildman–Crippen LogP) is 2.20. The normalized spacial score (nSPS) is 11.0. The van der Waals surface area contributed by atoms with Crippen molar-refractivity contribution < 1.29 is 15.0 Å². The second kappa shape index (κ2) is 11.2. The topological polar surface area (TPSA) is 57.5 Å². The number of aliphatic hydroxyl groups excluding tert-OH is 1. The number of rotatable bonds is 5. The van der Waals surface area contributed by atoms with Gasteiger partial charge in [0, 0.05) is 6.92 Å². The summed E-state index contributed by atoms with van der Waals surface area (Å²) in [5.74, 6) is -0.833.